The molecule has 9 aromatic rings. The molecule has 0 N–H and O–H groups in total. The van der Waals surface area contributed by atoms with E-state index < -0.39 is 0 Å². The van der Waals surface area contributed by atoms with Crippen LogP contribution in [0.3, 0.4) is 0 Å². The first-order chi connectivity index (χ1) is 20.3. The third kappa shape index (κ3) is 3.39. The molecule has 0 fully saturated rings. The Labute approximate surface area is 235 Å². The summed E-state index contributed by atoms with van der Waals surface area (Å²) in [4.78, 5) is 10.3. The summed E-state index contributed by atoms with van der Waals surface area (Å²) < 4.78 is 2.26. The zero-order valence-electron chi connectivity index (χ0n) is 22.1. The maximum atomic E-state index is 5.15. The molecule has 0 bridgehead atoms. The molecule has 0 saturated heterocycles. The number of rotatable bonds is 2. The maximum Gasteiger partial charge on any atom is 0.165 e. The van der Waals surface area contributed by atoms with Crippen molar-refractivity contribution in [2.24, 2.45) is 0 Å². The van der Waals surface area contributed by atoms with Crippen molar-refractivity contribution >= 4 is 65.4 Å². The zero-order valence-corrected chi connectivity index (χ0v) is 22.1. The number of fused-ring (bicyclic) bond motifs is 8. The van der Waals surface area contributed by atoms with Crippen molar-refractivity contribution in [2.45, 2.75) is 0 Å². The van der Waals surface area contributed by atoms with E-state index >= 15 is 0 Å². The first kappa shape index (κ1) is 22.3. The van der Waals surface area contributed by atoms with Crippen LogP contribution in [-0.4, -0.2) is 14.5 Å². The molecule has 0 aliphatic carbocycles. The van der Waals surface area contributed by atoms with Gasteiger partial charge in [-0.25, -0.2) is 9.97 Å². The number of hydrogen-bond acceptors (Lipinski definition) is 2. The molecule has 0 amide bonds. The van der Waals surface area contributed by atoms with E-state index in [1.807, 2.05) is 24.3 Å². The summed E-state index contributed by atoms with van der Waals surface area (Å²) in [6.07, 6.45) is 0. The lowest BCUT2D eigenvalue weighted by molar-refractivity contribution is 1.14. The van der Waals surface area contributed by atoms with E-state index in [0.29, 0.717) is 0 Å². The van der Waals surface area contributed by atoms with E-state index in [0.717, 1.165) is 38.8 Å². The Kier molecular flexibility index (Phi) is 4.61. The van der Waals surface area contributed by atoms with Crippen LogP contribution in [0.2, 0.25) is 0 Å². The van der Waals surface area contributed by atoms with E-state index in [1.165, 1.54) is 43.4 Å². The summed E-state index contributed by atoms with van der Waals surface area (Å²) in [5.74, 6) is 0. The molecule has 9 rings (SSSR count). The van der Waals surface area contributed by atoms with Crippen LogP contribution < -0.4 is 0 Å². The monoisotopic (exact) mass is 521 g/mol. The van der Waals surface area contributed by atoms with Crippen molar-refractivity contribution in [3.63, 3.8) is 0 Å². The quantitative estimate of drug-likeness (QED) is 0.212. The minimum absolute atomic E-state index is 0.871. The molecule has 0 atom stereocenters. The second kappa shape index (κ2) is 8.48. The number of benzene rings is 7. The van der Waals surface area contributed by atoms with Gasteiger partial charge in [0.05, 0.1) is 16.6 Å². The lowest BCUT2D eigenvalue weighted by Gasteiger charge is -2.10. The second-order valence-corrected chi connectivity index (χ2v) is 10.7. The Bertz CT molecular complexity index is 2490. The molecule has 2 aromatic heterocycles. The number of aromatic nitrogens is 3. The Morgan fingerprint density at radius 2 is 1.07 bits per heavy atom. The SMILES string of the molecule is c1ccc2cc(-n3c4ccc(-c5ccc6c(ccc7ccccc76)c5)cc4c4nc5ccccc5nc43)ccc2c1. The van der Waals surface area contributed by atoms with Crippen molar-refractivity contribution in [3.05, 3.63) is 140 Å². The third-order valence-corrected chi connectivity index (χ3v) is 8.33. The minimum Gasteiger partial charge on any atom is -0.293 e. The molecule has 3 heteroatoms. The van der Waals surface area contributed by atoms with Crippen molar-refractivity contribution in [2.75, 3.05) is 0 Å². The van der Waals surface area contributed by atoms with Gasteiger partial charge in [-0.2, -0.15) is 0 Å². The molecule has 0 unspecified atom stereocenters. The molecule has 41 heavy (non-hydrogen) atoms. The predicted octanol–water partition coefficient (Wildman–Crippen LogP) is 9.85. The van der Waals surface area contributed by atoms with Gasteiger partial charge in [0.25, 0.3) is 0 Å². The van der Waals surface area contributed by atoms with Crippen LogP contribution in [0.25, 0.3) is 82.2 Å². The van der Waals surface area contributed by atoms with Gasteiger partial charge in [-0.1, -0.05) is 97.1 Å². The van der Waals surface area contributed by atoms with Crippen molar-refractivity contribution in [1.82, 2.24) is 14.5 Å². The topological polar surface area (TPSA) is 30.7 Å². The summed E-state index contributed by atoms with van der Waals surface area (Å²) >= 11 is 0. The zero-order chi connectivity index (χ0) is 26.9. The fourth-order valence-corrected chi connectivity index (χ4v) is 6.31. The molecule has 0 saturated carbocycles. The Morgan fingerprint density at radius 3 is 1.98 bits per heavy atom. The normalized spacial score (nSPS) is 11.9. The first-order valence-corrected chi connectivity index (χ1v) is 13.9. The lowest BCUT2D eigenvalue weighted by atomic mass is 9.97. The summed E-state index contributed by atoms with van der Waals surface area (Å²) in [5, 5.41) is 8.59. The van der Waals surface area contributed by atoms with Gasteiger partial charge in [0.15, 0.2) is 5.65 Å². The molecule has 2 heterocycles. The predicted molar refractivity (Wildman–Crippen MR) is 172 cm³/mol. The molecular weight excluding hydrogens is 498 g/mol. The molecule has 7 aromatic carbocycles. The van der Waals surface area contributed by atoms with E-state index in [4.69, 9.17) is 9.97 Å². The molecule has 3 nitrogen and oxygen atoms in total. The highest BCUT2D eigenvalue weighted by Crippen LogP contribution is 2.36. The van der Waals surface area contributed by atoms with E-state index in [2.05, 4.69) is 120 Å². The molecule has 0 aliphatic heterocycles. The van der Waals surface area contributed by atoms with E-state index in [-0.39, 0.29) is 0 Å². The summed E-state index contributed by atoms with van der Waals surface area (Å²) in [5.41, 5.74) is 8.12. The Balaban J connectivity index is 1.31. The fourth-order valence-electron chi connectivity index (χ4n) is 6.31. The van der Waals surface area contributed by atoms with Crippen LogP contribution in [0.1, 0.15) is 0 Å². The van der Waals surface area contributed by atoms with Gasteiger partial charge in [-0.3, -0.25) is 4.57 Å². The highest BCUT2D eigenvalue weighted by atomic mass is 15.1. The van der Waals surface area contributed by atoms with Gasteiger partial charge >= 0.3 is 0 Å². The van der Waals surface area contributed by atoms with Gasteiger partial charge in [0.2, 0.25) is 0 Å². The van der Waals surface area contributed by atoms with Crippen LogP contribution in [-0.2, 0) is 0 Å². The summed E-state index contributed by atoms with van der Waals surface area (Å²) in [6, 6.07) is 49.7. The van der Waals surface area contributed by atoms with Gasteiger partial charge < -0.3 is 0 Å². The van der Waals surface area contributed by atoms with Crippen LogP contribution in [0.15, 0.2) is 140 Å². The van der Waals surface area contributed by atoms with Crippen molar-refractivity contribution < 1.29 is 0 Å². The number of hydrogen-bond donors (Lipinski definition) is 0. The second-order valence-electron chi connectivity index (χ2n) is 10.7. The summed E-state index contributed by atoms with van der Waals surface area (Å²) in [6.45, 7) is 0. The molecule has 0 spiro atoms. The van der Waals surface area contributed by atoms with Gasteiger partial charge in [-0.05, 0) is 85.9 Å². The largest absolute Gasteiger partial charge is 0.293 e. The molecule has 190 valence electrons. The van der Waals surface area contributed by atoms with Crippen molar-refractivity contribution in [3.8, 4) is 16.8 Å². The number of nitrogens with zero attached hydrogens (tertiary/aromatic N) is 3. The highest BCUT2D eigenvalue weighted by molar-refractivity contribution is 6.11. The maximum absolute atomic E-state index is 5.15. The van der Waals surface area contributed by atoms with E-state index in [9.17, 15) is 0 Å². The summed E-state index contributed by atoms with van der Waals surface area (Å²) in [7, 11) is 0. The van der Waals surface area contributed by atoms with Crippen LogP contribution in [0, 0.1) is 0 Å². The van der Waals surface area contributed by atoms with Gasteiger partial charge in [-0.15, -0.1) is 0 Å². The number of para-hydroxylation sites is 2. The van der Waals surface area contributed by atoms with Gasteiger partial charge in [0, 0.05) is 11.1 Å². The van der Waals surface area contributed by atoms with Crippen molar-refractivity contribution in [1.29, 1.82) is 0 Å². The van der Waals surface area contributed by atoms with Gasteiger partial charge in [0.1, 0.15) is 5.52 Å². The van der Waals surface area contributed by atoms with Crippen LogP contribution >= 0.6 is 0 Å². The molecular formula is C38H23N3. The molecule has 0 radical (unpaired) electrons. The van der Waals surface area contributed by atoms with Crippen LogP contribution in [0.5, 0.6) is 0 Å². The third-order valence-electron chi connectivity index (χ3n) is 8.33. The smallest absolute Gasteiger partial charge is 0.165 e. The average Bonchev–Trinajstić information content (AvgIpc) is 3.35. The fraction of sp³-hybridized carbons (Fsp3) is 0. The minimum atomic E-state index is 0.871. The highest BCUT2D eigenvalue weighted by Gasteiger charge is 2.17. The molecule has 0 aliphatic rings. The van der Waals surface area contributed by atoms with E-state index in [1.54, 1.807) is 0 Å². The first-order valence-electron chi connectivity index (χ1n) is 13.9. The average molecular weight is 522 g/mol. The Hall–Kier alpha value is -5.54. The standard InChI is InChI=1S/C38H23N3/c1-2-9-26-22-30(18-15-24(26)7-1)41-36-20-17-28(23-33(36)37-38(41)40-35-12-6-5-11-34(35)39-37)27-16-19-32-29(21-27)14-13-25-8-3-4-10-31(25)32/h1-23H. The van der Waals surface area contributed by atoms with Crippen LogP contribution in [0.4, 0.5) is 0 Å². The Morgan fingerprint density at radius 1 is 0.415 bits per heavy atom. The lowest BCUT2D eigenvalue weighted by Crippen LogP contribution is -1.96.